The summed E-state index contributed by atoms with van der Waals surface area (Å²) in [5.74, 6) is 1.02. The lowest BCUT2D eigenvalue weighted by molar-refractivity contribution is 0.505. The Morgan fingerprint density at radius 1 is 1.40 bits per heavy atom. The molecule has 0 aromatic carbocycles. The first-order chi connectivity index (χ1) is 4.72. The Labute approximate surface area is 63.7 Å². The number of hydrogen-bond donors (Lipinski definition) is 1. The molecule has 0 saturated carbocycles. The van der Waals surface area contributed by atoms with Gasteiger partial charge in [0.05, 0.1) is 0 Å². The average Bonchev–Trinajstić information content (AvgIpc) is 1.89. The van der Waals surface area contributed by atoms with E-state index in [9.17, 15) is 0 Å². The largest absolute Gasteiger partial charge is 0.313 e. The van der Waals surface area contributed by atoms with Gasteiger partial charge in [-0.2, -0.15) is 0 Å². The third kappa shape index (κ3) is 3.44. The standard InChI is InChI=1S/C9H17N/c1-4-5-6-9(7-10)8(2)3/h4-5,7-10H,6H2,1-3H3. The van der Waals surface area contributed by atoms with Crippen molar-refractivity contribution < 1.29 is 0 Å². The summed E-state index contributed by atoms with van der Waals surface area (Å²) >= 11 is 0. The van der Waals surface area contributed by atoms with Crippen molar-refractivity contribution in [3.05, 3.63) is 12.2 Å². The van der Waals surface area contributed by atoms with Gasteiger partial charge in [0.2, 0.25) is 0 Å². The number of nitrogens with one attached hydrogen (secondary N) is 1. The molecule has 0 saturated heterocycles. The maximum absolute atomic E-state index is 7.11. The van der Waals surface area contributed by atoms with Gasteiger partial charge in [0.25, 0.3) is 0 Å². The predicted molar refractivity (Wildman–Crippen MR) is 46.5 cm³/mol. The van der Waals surface area contributed by atoms with E-state index in [4.69, 9.17) is 5.41 Å². The van der Waals surface area contributed by atoms with Crippen LogP contribution in [0.4, 0.5) is 0 Å². The molecule has 0 amide bonds. The second-order valence-corrected chi connectivity index (χ2v) is 2.88. The van der Waals surface area contributed by atoms with Crippen LogP contribution in [0.2, 0.25) is 0 Å². The van der Waals surface area contributed by atoms with Crippen LogP contribution in [0.1, 0.15) is 27.2 Å². The summed E-state index contributed by atoms with van der Waals surface area (Å²) in [6.07, 6.45) is 6.72. The van der Waals surface area contributed by atoms with Gasteiger partial charge in [0, 0.05) is 0 Å². The molecule has 0 bridgehead atoms. The van der Waals surface area contributed by atoms with E-state index in [1.807, 2.05) is 13.0 Å². The normalized spacial score (nSPS) is 14.4. The molecule has 0 rings (SSSR count). The van der Waals surface area contributed by atoms with E-state index in [0.29, 0.717) is 11.8 Å². The van der Waals surface area contributed by atoms with Crippen molar-refractivity contribution in [2.24, 2.45) is 11.8 Å². The fourth-order valence-corrected chi connectivity index (χ4v) is 0.826. The molecule has 1 N–H and O–H groups in total. The fraction of sp³-hybridized carbons (Fsp3) is 0.667. The van der Waals surface area contributed by atoms with Gasteiger partial charge in [-0.05, 0) is 31.4 Å². The van der Waals surface area contributed by atoms with Gasteiger partial charge in [-0.25, -0.2) is 0 Å². The first kappa shape index (κ1) is 9.41. The first-order valence-electron chi connectivity index (χ1n) is 3.84. The van der Waals surface area contributed by atoms with Gasteiger partial charge in [-0.1, -0.05) is 26.0 Å². The molecule has 1 unspecified atom stereocenters. The summed E-state index contributed by atoms with van der Waals surface area (Å²) in [5, 5.41) is 7.11. The summed E-state index contributed by atoms with van der Waals surface area (Å²) in [7, 11) is 0. The van der Waals surface area contributed by atoms with E-state index in [2.05, 4.69) is 19.9 Å². The van der Waals surface area contributed by atoms with Crippen LogP contribution in [-0.2, 0) is 0 Å². The van der Waals surface area contributed by atoms with Crippen LogP contribution in [0.5, 0.6) is 0 Å². The van der Waals surface area contributed by atoms with Crippen LogP contribution >= 0.6 is 0 Å². The molecule has 0 aromatic heterocycles. The molecule has 0 radical (unpaired) electrons. The topological polar surface area (TPSA) is 23.9 Å². The quantitative estimate of drug-likeness (QED) is 0.457. The van der Waals surface area contributed by atoms with E-state index < -0.39 is 0 Å². The summed E-state index contributed by atoms with van der Waals surface area (Å²) in [6, 6.07) is 0. The lowest BCUT2D eigenvalue weighted by atomic mass is 9.94. The van der Waals surface area contributed by atoms with Crippen molar-refractivity contribution in [1.29, 1.82) is 5.41 Å². The van der Waals surface area contributed by atoms with Gasteiger partial charge in [0.15, 0.2) is 0 Å². The van der Waals surface area contributed by atoms with Crippen LogP contribution in [-0.4, -0.2) is 6.21 Å². The molecule has 0 aliphatic carbocycles. The fourth-order valence-electron chi connectivity index (χ4n) is 0.826. The van der Waals surface area contributed by atoms with Gasteiger partial charge in [0.1, 0.15) is 0 Å². The molecular weight excluding hydrogens is 122 g/mol. The zero-order valence-corrected chi connectivity index (χ0v) is 7.09. The summed E-state index contributed by atoms with van der Waals surface area (Å²) < 4.78 is 0. The zero-order valence-electron chi connectivity index (χ0n) is 7.09. The van der Waals surface area contributed by atoms with Crippen LogP contribution in [0.3, 0.4) is 0 Å². The van der Waals surface area contributed by atoms with Crippen LogP contribution in [0, 0.1) is 17.2 Å². The van der Waals surface area contributed by atoms with Crippen molar-refractivity contribution in [3.63, 3.8) is 0 Å². The highest BCUT2D eigenvalue weighted by Gasteiger charge is 2.06. The average molecular weight is 139 g/mol. The van der Waals surface area contributed by atoms with E-state index in [1.54, 1.807) is 6.21 Å². The third-order valence-electron chi connectivity index (χ3n) is 1.71. The van der Waals surface area contributed by atoms with Gasteiger partial charge >= 0.3 is 0 Å². The summed E-state index contributed by atoms with van der Waals surface area (Å²) in [6.45, 7) is 6.32. The maximum Gasteiger partial charge on any atom is -0.000736 e. The molecule has 10 heavy (non-hydrogen) atoms. The molecule has 0 fully saturated rings. The van der Waals surface area contributed by atoms with Crippen LogP contribution in [0.15, 0.2) is 12.2 Å². The van der Waals surface area contributed by atoms with Crippen LogP contribution in [0.25, 0.3) is 0 Å². The molecule has 1 heteroatoms. The molecular formula is C9H17N. The highest BCUT2D eigenvalue weighted by atomic mass is 14.4. The Hall–Kier alpha value is -0.590. The minimum atomic E-state index is 0.427. The van der Waals surface area contributed by atoms with Crippen molar-refractivity contribution in [2.45, 2.75) is 27.2 Å². The maximum atomic E-state index is 7.11. The van der Waals surface area contributed by atoms with Gasteiger partial charge < -0.3 is 5.41 Å². The minimum absolute atomic E-state index is 0.427. The molecule has 1 atom stereocenters. The third-order valence-corrected chi connectivity index (χ3v) is 1.71. The second kappa shape index (κ2) is 5.21. The summed E-state index contributed by atoms with van der Waals surface area (Å²) in [4.78, 5) is 0. The molecule has 0 aliphatic heterocycles. The van der Waals surface area contributed by atoms with E-state index in [1.165, 1.54) is 0 Å². The Morgan fingerprint density at radius 2 is 2.00 bits per heavy atom. The first-order valence-corrected chi connectivity index (χ1v) is 3.84. The predicted octanol–water partition coefficient (Wildman–Crippen LogP) is 2.87. The van der Waals surface area contributed by atoms with E-state index in [-0.39, 0.29) is 0 Å². The molecule has 0 spiro atoms. The number of rotatable bonds is 4. The van der Waals surface area contributed by atoms with Crippen molar-refractivity contribution in [1.82, 2.24) is 0 Å². The molecule has 0 aliphatic rings. The lowest BCUT2D eigenvalue weighted by Gasteiger charge is -2.12. The highest BCUT2D eigenvalue weighted by Crippen LogP contribution is 2.12. The molecule has 58 valence electrons. The Bertz CT molecular complexity index is 114. The minimum Gasteiger partial charge on any atom is -0.313 e. The lowest BCUT2D eigenvalue weighted by Crippen LogP contribution is -2.07. The smallest absolute Gasteiger partial charge is 0.000736 e. The van der Waals surface area contributed by atoms with Crippen molar-refractivity contribution in [3.8, 4) is 0 Å². The SMILES string of the molecule is CC=CCC(C=N)C(C)C. The number of hydrogen-bond acceptors (Lipinski definition) is 1. The van der Waals surface area contributed by atoms with Gasteiger partial charge in [-0.15, -0.1) is 0 Å². The highest BCUT2D eigenvalue weighted by molar-refractivity contribution is 5.57. The second-order valence-electron chi connectivity index (χ2n) is 2.88. The molecule has 1 nitrogen and oxygen atoms in total. The zero-order chi connectivity index (χ0) is 7.98. The van der Waals surface area contributed by atoms with Crippen LogP contribution < -0.4 is 0 Å². The number of allylic oxidation sites excluding steroid dienone is 2. The van der Waals surface area contributed by atoms with Gasteiger partial charge in [-0.3, -0.25) is 0 Å². The monoisotopic (exact) mass is 139 g/mol. The Balaban J connectivity index is 3.71. The van der Waals surface area contributed by atoms with Crippen molar-refractivity contribution in [2.75, 3.05) is 0 Å². The Kier molecular flexibility index (Phi) is 4.91. The van der Waals surface area contributed by atoms with E-state index >= 15 is 0 Å². The van der Waals surface area contributed by atoms with Crippen molar-refractivity contribution >= 4 is 6.21 Å². The molecule has 0 heterocycles. The Morgan fingerprint density at radius 3 is 2.30 bits per heavy atom. The van der Waals surface area contributed by atoms with E-state index in [0.717, 1.165) is 6.42 Å². The molecule has 0 aromatic rings. The summed E-state index contributed by atoms with van der Waals surface area (Å²) in [5.41, 5.74) is 0.